The molecule has 1 unspecified atom stereocenters. The summed E-state index contributed by atoms with van der Waals surface area (Å²) in [6.07, 6.45) is 0. The first-order valence-corrected chi connectivity index (χ1v) is 3.86. The molecule has 10 heavy (non-hydrogen) atoms. The van der Waals surface area contributed by atoms with Crippen LogP contribution in [0.25, 0.3) is 0 Å². The summed E-state index contributed by atoms with van der Waals surface area (Å²) in [6.45, 7) is 0. The minimum Gasteiger partial charge on any atom is -0.301 e. The summed E-state index contributed by atoms with van der Waals surface area (Å²) < 4.78 is 0. The van der Waals surface area contributed by atoms with E-state index in [2.05, 4.69) is 11.4 Å². The van der Waals surface area contributed by atoms with Gasteiger partial charge in [-0.3, -0.25) is 0 Å². The largest absolute Gasteiger partial charge is 0.301 e. The third-order valence-electron chi connectivity index (χ3n) is 1.25. The minimum absolute atomic E-state index is 0.139. The van der Waals surface area contributed by atoms with E-state index in [9.17, 15) is 0 Å². The Labute approximate surface area is 64.1 Å². The first kappa shape index (κ1) is 7.26. The second-order valence-electron chi connectivity index (χ2n) is 1.87. The maximum absolute atomic E-state index is 8.59. The molecule has 0 fully saturated rings. The van der Waals surface area contributed by atoms with Crippen molar-refractivity contribution in [2.45, 2.75) is 6.04 Å². The molecule has 1 aromatic heterocycles. The quantitative estimate of drug-likeness (QED) is 0.697. The van der Waals surface area contributed by atoms with Crippen molar-refractivity contribution in [1.29, 1.82) is 5.26 Å². The average molecular weight is 152 g/mol. The number of hydrogen-bond donors (Lipinski definition) is 1. The zero-order valence-corrected chi connectivity index (χ0v) is 6.48. The van der Waals surface area contributed by atoms with Gasteiger partial charge in [0.05, 0.1) is 6.07 Å². The third-order valence-corrected chi connectivity index (χ3v) is 2.18. The number of nitrogens with one attached hydrogen (secondary N) is 1. The second-order valence-corrected chi connectivity index (χ2v) is 2.85. The molecule has 1 heterocycles. The fourth-order valence-electron chi connectivity index (χ4n) is 0.726. The smallest absolute Gasteiger partial charge is 0.130 e. The summed E-state index contributed by atoms with van der Waals surface area (Å²) in [7, 11) is 1.79. The molecule has 1 N–H and O–H groups in total. The van der Waals surface area contributed by atoms with Gasteiger partial charge in [-0.1, -0.05) is 6.07 Å². The number of nitriles is 1. The lowest BCUT2D eigenvalue weighted by Gasteiger charge is -2.01. The van der Waals surface area contributed by atoms with E-state index in [4.69, 9.17) is 5.26 Å². The maximum atomic E-state index is 8.59. The molecule has 3 heteroatoms. The molecule has 1 rings (SSSR count). The summed E-state index contributed by atoms with van der Waals surface area (Å²) in [5.74, 6) is 0. The number of hydrogen-bond acceptors (Lipinski definition) is 3. The Kier molecular flexibility index (Phi) is 2.43. The van der Waals surface area contributed by atoms with Gasteiger partial charge in [-0.15, -0.1) is 11.3 Å². The van der Waals surface area contributed by atoms with Gasteiger partial charge in [-0.05, 0) is 18.5 Å². The maximum Gasteiger partial charge on any atom is 0.130 e. The first-order valence-electron chi connectivity index (χ1n) is 2.98. The predicted octanol–water partition coefficient (Wildman–Crippen LogP) is 1.53. The topological polar surface area (TPSA) is 35.8 Å². The number of nitrogens with zero attached hydrogens (tertiary/aromatic N) is 1. The van der Waals surface area contributed by atoms with E-state index in [1.165, 1.54) is 0 Å². The second kappa shape index (κ2) is 3.35. The van der Waals surface area contributed by atoms with E-state index in [-0.39, 0.29) is 6.04 Å². The summed E-state index contributed by atoms with van der Waals surface area (Å²) in [4.78, 5) is 1.07. The molecular formula is C7H8N2S. The van der Waals surface area contributed by atoms with Crippen molar-refractivity contribution in [2.75, 3.05) is 7.05 Å². The van der Waals surface area contributed by atoms with E-state index >= 15 is 0 Å². The van der Waals surface area contributed by atoms with Gasteiger partial charge < -0.3 is 5.32 Å². The van der Waals surface area contributed by atoms with E-state index in [0.717, 1.165) is 4.88 Å². The summed E-state index contributed by atoms with van der Waals surface area (Å²) in [6, 6.07) is 5.91. The molecule has 0 saturated carbocycles. The van der Waals surface area contributed by atoms with E-state index in [1.54, 1.807) is 18.4 Å². The molecule has 0 aromatic carbocycles. The van der Waals surface area contributed by atoms with E-state index < -0.39 is 0 Å². The van der Waals surface area contributed by atoms with Crippen molar-refractivity contribution in [2.24, 2.45) is 0 Å². The molecule has 0 radical (unpaired) electrons. The molecule has 2 nitrogen and oxygen atoms in total. The van der Waals surface area contributed by atoms with Crippen molar-refractivity contribution >= 4 is 11.3 Å². The molecule has 0 bridgehead atoms. The molecule has 0 aliphatic rings. The Morgan fingerprint density at radius 1 is 1.80 bits per heavy atom. The highest BCUT2D eigenvalue weighted by Crippen LogP contribution is 2.16. The highest BCUT2D eigenvalue weighted by atomic mass is 32.1. The molecule has 0 spiro atoms. The van der Waals surface area contributed by atoms with Crippen LogP contribution in [0.1, 0.15) is 10.9 Å². The molecule has 52 valence electrons. The van der Waals surface area contributed by atoms with Crippen LogP contribution in [0.5, 0.6) is 0 Å². The van der Waals surface area contributed by atoms with Gasteiger partial charge in [0, 0.05) is 4.88 Å². The Morgan fingerprint density at radius 2 is 2.60 bits per heavy atom. The molecule has 1 atom stereocenters. The van der Waals surface area contributed by atoms with Gasteiger partial charge >= 0.3 is 0 Å². The van der Waals surface area contributed by atoms with Gasteiger partial charge in [-0.2, -0.15) is 5.26 Å². The molecule has 0 aliphatic carbocycles. The normalized spacial score (nSPS) is 12.4. The fourth-order valence-corrected chi connectivity index (χ4v) is 1.50. The van der Waals surface area contributed by atoms with Gasteiger partial charge in [0.15, 0.2) is 0 Å². The molecule has 0 amide bonds. The summed E-state index contributed by atoms with van der Waals surface area (Å²) in [5.41, 5.74) is 0. The van der Waals surface area contributed by atoms with Crippen molar-refractivity contribution in [3.63, 3.8) is 0 Å². The van der Waals surface area contributed by atoms with Crippen LogP contribution in [0.15, 0.2) is 17.5 Å². The Balaban J connectivity index is 2.76. The minimum atomic E-state index is -0.139. The predicted molar refractivity (Wildman–Crippen MR) is 41.7 cm³/mol. The van der Waals surface area contributed by atoms with Crippen LogP contribution in [0, 0.1) is 11.3 Å². The fraction of sp³-hybridized carbons (Fsp3) is 0.286. The van der Waals surface area contributed by atoms with Gasteiger partial charge in [-0.25, -0.2) is 0 Å². The van der Waals surface area contributed by atoms with Gasteiger partial charge in [0.25, 0.3) is 0 Å². The van der Waals surface area contributed by atoms with Crippen LogP contribution in [0.4, 0.5) is 0 Å². The Bertz CT molecular complexity index is 222. The van der Waals surface area contributed by atoms with Crippen LogP contribution < -0.4 is 5.32 Å². The standard InChI is InChI=1S/C7H8N2S/c1-9-6(5-8)7-3-2-4-10-7/h2-4,6,9H,1H3. The Hall–Kier alpha value is -0.850. The van der Waals surface area contributed by atoms with Gasteiger partial charge in [0.2, 0.25) is 0 Å². The van der Waals surface area contributed by atoms with Crippen LogP contribution in [-0.4, -0.2) is 7.05 Å². The monoisotopic (exact) mass is 152 g/mol. The van der Waals surface area contributed by atoms with Gasteiger partial charge in [0.1, 0.15) is 6.04 Å². The summed E-state index contributed by atoms with van der Waals surface area (Å²) in [5, 5.41) is 13.5. The van der Waals surface area contributed by atoms with Crippen molar-refractivity contribution in [1.82, 2.24) is 5.32 Å². The number of thiophene rings is 1. The third kappa shape index (κ3) is 1.35. The first-order chi connectivity index (χ1) is 4.88. The summed E-state index contributed by atoms with van der Waals surface area (Å²) >= 11 is 1.60. The Morgan fingerprint density at radius 3 is 3.00 bits per heavy atom. The zero-order chi connectivity index (χ0) is 7.40. The van der Waals surface area contributed by atoms with Crippen LogP contribution in [0.2, 0.25) is 0 Å². The van der Waals surface area contributed by atoms with Crippen LogP contribution >= 0.6 is 11.3 Å². The molecule has 0 aliphatic heterocycles. The van der Waals surface area contributed by atoms with Crippen LogP contribution in [0.3, 0.4) is 0 Å². The van der Waals surface area contributed by atoms with E-state index in [1.807, 2.05) is 17.5 Å². The lowest BCUT2D eigenvalue weighted by atomic mass is 10.3. The molecule has 1 aromatic rings. The highest BCUT2D eigenvalue weighted by molar-refractivity contribution is 7.10. The lowest BCUT2D eigenvalue weighted by molar-refractivity contribution is 0.740. The molecular weight excluding hydrogens is 144 g/mol. The molecule has 0 saturated heterocycles. The van der Waals surface area contributed by atoms with Crippen LogP contribution in [-0.2, 0) is 0 Å². The SMILES string of the molecule is CNC(C#N)c1cccs1. The zero-order valence-electron chi connectivity index (χ0n) is 5.66. The lowest BCUT2D eigenvalue weighted by Crippen LogP contribution is -2.12. The van der Waals surface area contributed by atoms with Crippen molar-refractivity contribution in [3.05, 3.63) is 22.4 Å². The average Bonchev–Trinajstić information content (AvgIpc) is 2.43. The highest BCUT2D eigenvalue weighted by Gasteiger charge is 2.06. The van der Waals surface area contributed by atoms with Crippen molar-refractivity contribution < 1.29 is 0 Å². The van der Waals surface area contributed by atoms with Crippen molar-refractivity contribution in [3.8, 4) is 6.07 Å². The van der Waals surface area contributed by atoms with E-state index in [0.29, 0.717) is 0 Å². The number of rotatable bonds is 2.